The number of hydrogen-bond acceptors (Lipinski definition) is 5. The average molecular weight is 306 g/mol. The molecule has 3 aliphatic rings. The Bertz CT molecular complexity index is 572. The van der Waals surface area contributed by atoms with Crippen LogP contribution >= 0.6 is 0 Å². The summed E-state index contributed by atoms with van der Waals surface area (Å²) < 4.78 is 10.8. The number of esters is 2. The third-order valence-corrected chi connectivity index (χ3v) is 5.22. The zero-order valence-electron chi connectivity index (χ0n) is 13.2. The topological polar surface area (TPSA) is 72.8 Å². The summed E-state index contributed by atoms with van der Waals surface area (Å²) in [5, 5.41) is 10.7. The summed E-state index contributed by atoms with van der Waals surface area (Å²) >= 11 is 0. The van der Waals surface area contributed by atoms with Gasteiger partial charge in [0.15, 0.2) is 0 Å². The van der Waals surface area contributed by atoms with Crippen molar-refractivity contribution >= 4 is 11.9 Å². The van der Waals surface area contributed by atoms with Crippen LogP contribution in [0.5, 0.6) is 0 Å². The minimum absolute atomic E-state index is 0.0914. The van der Waals surface area contributed by atoms with Crippen molar-refractivity contribution in [3.63, 3.8) is 0 Å². The van der Waals surface area contributed by atoms with Crippen LogP contribution in [0.25, 0.3) is 0 Å². The molecule has 1 saturated heterocycles. The molecule has 0 aromatic heterocycles. The first kappa shape index (κ1) is 15.3. The number of fused-ring (bicyclic) bond motifs is 3. The van der Waals surface area contributed by atoms with Crippen LogP contribution in [-0.2, 0) is 19.1 Å². The molecular weight excluding hydrogens is 284 g/mol. The lowest BCUT2D eigenvalue weighted by Crippen LogP contribution is -2.41. The number of aliphatic hydroxyl groups is 1. The molecule has 3 rings (SSSR count). The maximum Gasteiger partial charge on any atom is 0.309 e. The third kappa shape index (κ3) is 2.37. The van der Waals surface area contributed by atoms with Crippen molar-refractivity contribution in [1.82, 2.24) is 0 Å². The second-order valence-corrected chi connectivity index (χ2v) is 6.77. The van der Waals surface area contributed by atoms with Crippen LogP contribution in [0.1, 0.15) is 33.6 Å². The van der Waals surface area contributed by atoms with Crippen LogP contribution in [0.4, 0.5) is 0 Å². The molecule has 0 spiro atoms. The van der Waals surface area contributed by atoms with E-state index in [0.29, 0.717) is 0 Å². The van der Waals surface area contributed by atoms with Gasteiger partial charge in [-0.05, 0) is 30.9 Å². The molecule has 1 fully saturated rings. The van der Waals surface area contributed by atoms with Gasteiger partial charge in [0.05, 0.1) is 17.4 Å². The lowest BCUT2D eigenvalue weighted by atomic mass is 9.77. The molecule has 1 aliphatic heterocycles. The molecule has 120 valence electrons. The highest BCUT2D eigenvalue weighted by Gasteiger charge is 2.54. The van der Waals surface area contributed by atoms with Crippen molar-refractivity contribution in [3.8, 4) is 0 Å². The van der Waals surface area contributed by atoms with Gasteiger partial charge in [-0.3, -0.25) is 9.59 Å². The molecule has 0 aromatic carbocycles. The normalized spacial score (nSPS) is 40.1. The Balaban J connectivity index is 1.97. The average Bonchev–Trinajstić information content (AvgIpc) is 2.82. The zero-order valence-corrected chi connectivity index (χ0v) is 13.2. The van der Waals surface area contributed by atoms with Gasteiger partial charge in [0.2, 0.25) is 0 Å². The molecule has 0 amide bonds. The number of ether oxygens (including phenoxy) is 2. The first-order valence-electron chi connectivity index (χ1n) is 7.78. The number of rotatable bonds is 2. The predicted octanol–water partition coefficient (Wildman–Crippen LogP) is 1.75. The molecule has 1 N–H and O–H groups in total. The molecule has 5 nitrogen and oxygen atoms in total. The van der Waals surface area contributed by atoms with Crippen LogP contribution in [0, 0.1) is 17.8 Å². The smallest absolute Gasteiger partial charge is 0.309 e. The van der Waals surface area contributed by atoms with Crippen molar-refractivity contribution in [3.05, 3.63) is 23.3 Å². The van der Waals surface area contributed by atoms with Crippen LogP contribution in [0.15, 0.2) is 23.3 Å². The van der Waals surface area contributed by atoms with Gasteiger partial charge in [-0.2, -0.15) is 0 Å². The fourth-order valence-electron chi connectivity index (χ4n) is 3.98. The SMILES string of the molecule is CC(=O)OCC1=C2C=C[C@](C)(O)[C@@H]2[C@H]2OC(=O)[C@H](C)[C@@H]2CC1. The summed E-state index contributed by atoms with van der Waals surface area (Å²) in [4.78, 5) is 23.0. The third-order valence-electron chi connectivity index (χ3n) is 5.22. The summed E-state index contributed by atoms with van der Waals surface area (Å²) in [5.41, 5.74) is 0.932. The lowest BCUT2D eigenvalue weighted by molar-refractivity contribution is -0.147. The fraction of sp³-hybridized carbons (Fsp3) is 0.647. The van der Waals surface area contributed by atoms with Gasteiger partial charge in [-0.1, -0.05) is 19.1 Å². The van der Waals surface area contributed by atoms with Crippen molar-refractivity contribution < 1.29 is 24.2 Å². The van der Waals surface area contributed by atoms with E-state index < -0.39 is 5.60 Å². The lowest BCUT2D eigenvalue weighted by Gasteiger charge is -2.32. The van der Waals surface area contributed by atoms with Gasteiger partial charge in [0.1, 0.15) is 12.7 Å². The van der Waals surface area contributed by atoms with E-state index in [0.717, 1.165) is 24.0 Å². The number of hydrogen-bond donors (Lipinski definition) is 1. The molecule has 2 aliphatic carbocycles. The molecular formula is C17H22O5. The highest BCUT2D eigenvalue weighted by molar-refractivity contribution is 5.75. The molecule has 22 heavy (non-hydrogen) atoms. The Morgan fingerprint density at radius 2 is 2.27 bits per heavy atom. The van der Waals surface area contributed by atoms with Crippen LogP contribution in [0.3, 0.4) is 0 Å². The Labute approximate surface area is 130 Å². The second-order valence-electron chi connectivity index (χ2n) is 6.77. The van der Waals surface area contributed by atoms with E-state index in [1.807, 2.05) is 13.0 Å². The fourth-order valence-corrected chi connectivity index (χ4v) is 3.98. The first-order chi connectivity index (χ1) is 10.3. The molecule has 0 aromatic rings. The summed E-state index contributed by atoms with van der Waals surface area (Å²) in [7, 11) is 0. The maximum atomic E-state index is 11.9. The van der Waals surface area contributed by atoms with Crippen LogP contribution in [0.2, 0.25) is 0 Å². The minimum Gasteiger partial charge on any atom is -0.461 e. The number of carbonyl (C=O) groups is 2. The first-order valence-corrected chi connectivity index (χ1v) is 7.78. The highest BCUT2D eigenvalue weighted by Crippen LogP contribution is 2.49. The Morgan fingerprint density at radius 1 is 1.55 bits per heavy atom. The number of carbonyl (C=O) groups excluding carboxylic acids is 2. The predicted molar refractivity (Wildman–Crippen MR) is 78.7 cm³/mol. The second kappa shape index (κ2) is 5.23. The van der Waals surface area contributed by atoms with Crippen molar-refractivity contribution in [2.24, 2.45) is 17.8 Å². The molecule has 0 unspecified atom stereocenters. The van der Waals surface area contributed by atoms with E-state index in [2.05, 4.69) is 0 Å². The van der Waals surface area contributed by atoms with Gasteiger partial charge in [-0.25, -0.2) is 0 Å². The number of allylic oxidation sites excluding steroid dienone is 1. The van der Waals surface area contributed by atoms with Crippen LogP contribution in [-0.4, -0.2) is 35.4 Å². The van der Waals surface area contributed by atoms with E-state index >= 15 is 0 Å². The van der Waals surface area contributed by atoms with E-state index in [4.69, 9.17) is 9.47 Å². The summed E-state index contributed by atoms with van der Waals surface area (Å²) in [5.74, 6) is -0.841. The van der Waals surface area contributed by atoms with Gasteiger partial charge < -0.3 is 14.6 Å². The van der Waals surface area contributed by atoms with E-state index in [1.165, 1.54) is 6.92 Å². The molecule has 5 heteroatoms. The molecule has 0 bridgehead atoms. The van der Waals surface area contributed by atoms with Gasteiger partial charge in [0, 0.05) is 12.8 Å². The van der Waals surface area contributed by atoms with Gasteiger partial charge in [0.25, 0.3) is 0 Å². The van der Waals surface area contributed by atoms with E-state index in [-0.39, 0.29) is 42.4 Å². The summed E-state index contributed by atoms with van der Waals surface area (Å²) in [6.45, 7) is 5.26. The largest absolute Gasteiger partial charge is 0.461 e. The molecule has 0 radical (unpaired) electrons. The minimum atomic E-state index is -1.05. The Hall–Kier alpha value is -1.62. The van der Waals surface area contributed by atoms with E-state index in [9.17, 15) is 14.7 Å². The Morgan fingerprint density at radius 3 is 2.95 bits per heavy atom. The molecule has 0 saturated carbocycles. The zero-order chi connectivity index (χ0) is 16.1. The van der Waals surface area contributed by atoms with Crippen molar-refractivity contribution in [2.75, 3.05) is 6.61 Å². The van der Waals surface area contributed by atoms with E-state index in [1.54, 1.807) is 13.0 Å². The molecule has 1 heterocycles. The Kier molecular flexibility index (Phi) is 3.63. The summed E-state index contributed by atoms with van der Waals surface area (Å²) in [6.07, 6.45) is 4.89. The maximum absolute atomic E-state index is 11.9. The standard InChI is InChI=1S/C17H22O5/c1-9-12-5-4-11(8-21-10(2)18)13-6-7-17(3,20)14(13)15(12)22-16(9)19/h6-7,9,12,14-15,20H,4-5,8H2,1-3H3/t9-,12+,14+,15+,17+/m1/s1. The molecule has 5 atom stereocenters. The van der Waals surface area contributed by atoms with Crippen LogP contribution < -0.4 is 0 Å². The van der Waals surface area contributed by atoms with Crippen molar-refractivity contribution in [2.45, 2.75) is 45.3 Å². The summed E-state index contributed by atoms with van der Waals surface area (Å²) in [6, 6.07) is 0. The van der Waals surface area contributed by atoms with Crippen molar-refractivity contribution in [1.29, 1.82) is 0 Å². The highest BCUT2D eigenvalue weighted by atomic mass is 16.6. The van der Waals surface area contributed by atoms with Gasteiger partial charge in [-0.15, -0.1) is 0 Å². The quantitative estimate of drug-likeness (QED) is 0.787. The monoisotopic (exact) mass is 306 g/mol. The van der Waals surface area contributed by atoms with Gasteiger partial charge >= 0.3 is 11.9 Å².